The summed E-state index contributed by atoms with van der Waals surface area (Å²) in [6.45, 7) is 1.72. The summed E-state index contributed by atoms with van der Waals surface area (Å²) in [5, 5.41) is 3.04. The smallest absolute Gasteiger partial charge is 0.239 e. The van der Waals surface area contributed by atoms with Crippen LogP contribution in [-0.4, -0.2) is 29.1 Å². The lowest BCUT2D eigenvalue weighted by atomic mass is 10.6. The van der Waals surface area contributed by atoms with E-state index in [9.17, 15) is 9.59 Å². The Hall–Kier alpha value is -1.12. The van der Waals surface area contributed by atoms with Crippen molar-refractivity contribution in [3.63, 3.8) is 0 Å². The molecule has 8 heteroatoms. The van der Waals surface area contributed by atoms with E-state index < -0.39 is 0 Å². The molecule has 0 saturated carbocycles. The minimum atomic E-state index is -0.384. The normalized spacial score (nSPS) is 10.1. The van der Waals surface area contributed by atoms with E-state index in [4.69, 9.17) is 11.5 Å². The molecule has 0 saturated heterocycles. The van der Waals surface area contributed by atoms with Gasteiger partial charge in [0.15, 0.2) is 5.13 Å². The van der Waals surface area contributed by atoms with Gasteiger partial charge in [-0.1, -0.05) is 11.3 Å². The van der Waals surface area contributed by atoms with Gasteiger partial charge >= 0.3 is 0 Å². The third kappa shape index (κ3) is 3.80. The number of rotatable bonds is 5. The molecule has 0 aliphatic heterocycles. The molecule has 0 aromatic carbocycles. The second kappa shape index (κ2) is 5.83. The van der Waals surface area contributed by atoms with Gasteiger partial charge in [-0.3, -0.25) is 9.59 Å². The van der Waals surface area contributed by atoms with Crippen LogP contribution in [0.15, 0.2) is 4.21 Å². The van der Waals surface area contributed by atoms with Gasteiger partial charge in [-0.2, -0.15) is 0 Å². The molecule has 1 rings (SSSR count). The maximum atomic E-state index is 11.0. The third-order valence-corrected chi connectivity index (χ3v) is 3.99. The standard InChI is InChI=1S/C8H12N4O2S2/c1-4-7(15-3-5(10)13)16-8(11-4)12-6(14)2-9/h2-3,9H2,1H3,(H2,10,13)(H,11,12,14). The summed E-state index contributed by atoms with van der Waals surface area (Å²) in [6.07, 6.45) is 0. The van der Waals surface area contributed by atoms with E-state index in [1.165, 1.54) is 23.1 Å². The van der Waals surface area contributed by atoms with Crippen LogP contribution in [0.3, 0.4) is 0 Å². The van der Waals surface area contributed by atoms with Gasteiger partial charge in [0.25, 0.3) is 0 Å². The number of nitrogens with two attached hydrogens (primary N) is 2. The summed E-state index contributed by atoms with van der Waals surface area (Å²) < 4.78 is 0.867. The summed E-state index contributed by atoms with van der Waals surface area (Å²) in [4.78, 5) is 25.8. The number of nitrogens with zero attached hydrogens (tertiary/aromatic N) is 1. The van der Waals surface area contributed by atoms with Crippen LogP contribution in [0.2, 0.25) is 0 Å². The largest absolute Gasteiger partial charge is 0.369 e. The first kappa shape index (κ1) is 12.9. The second-order valence-corrected chi connectivity index (χ2v) is 5.14. The molecule has 1 aromatic rings. The number of amides is 2. The number of anilines is 1. The first-order valence-corrected chi connectivity index (χ1v) is 6.21. The monoisotopic (exact) mass is 260 g/mol. The quantitative estimate of drug-likeness (QED) is 0.641. The summed E-state index contributed by atoms with van der Waals surface area (Å²) in [7, 11) is 0. The van der Waals surface area contributed by atoms with Gasteiger partial charge in [0.05, 0.1) is 22.2 Å². The van der Waals surface area contributed by atoms with Gasteiger partial charge < -0.3 is 16.8 Å². The number of thiazole rings is 1. The highest BCUT2D eigenvalue weighted by atomic mass is 32.2. The zero-order chi connectivity index (χ0) is 12.1. The van der Waals surface area contributed by atoms with E-state index in [0.29, 0.717) is 5.13 Å². The lowest BCUT2D eigenvalue weighted by molar-refractivity contribution is -0.116. The Morgan fingerprint density at radius 2 is 2.25 bits per heavy atom. The molecular formula is C8H12N4O2S2. The highest BCUT2D eigenvalue weighted by Crippen LogP contribution is 2.31. The number of carbonyl (C=O) groups excluding carboxylic acids is 2. The van der Waals surface area contributed by atoms with Crippen LogP contribution in [0.4, 0.5) is 5.13 Å². The van der Waals surface area contributed by atoms with Crippen molar-refractivity contribution in [2.75, 3.05) is 17.6 Å². The molecule has 0 unspecified atom stereocenters. The van der Waals surface area contributed by atoms with Crippen LogP contribution in [0.5, 0.6) is 0 Å². The van der Waals surface area contributed by atoms with Gasteiger partial charge in [0.1, 0.15) is 0 Å². The SMILES string of the molecule is Cc1nc(NC(=O)CN)sc1SCC(N)=O. The molecule has 0 radical (unpaired) electrons. The lowest BCUT2D eigenvalue weighted by Crippen LogP contribution is -2.21. The fraction of sp³-hybridized carbons (Fsp3) is 0.375. The Kier molecular flexibility index (Phi) is 4.71. The Morgan fingerprint density at radius 3 is 2.81 bits per heavy atom. The summed E-state index contributed by atoms with van der Waals surface area (Å²) in [6, 6.07) is 0. The minimum Gasteiger partial charge on any atom is -0.369 e. The molecule has 5 N–H and O–H groups in total. The van der Waals surface area contributed by atoms with Crippen LogP contribution in [0.1, 0.15) is 5.69 Å². The molecule has 1 heterocycles. The molecule has 0 spiro atoms. The summed E-state index contributed by atoms with van der Waals surface area (Å²) in [5.74, 6) is -0.474. The van der Waals surface area contributed by atoms with Gasteiger partial charge in [-0.05, 0) is 6.92 Å². The highest BCUT2D eigenvalue weighted by molar-refractivity contribution is 8.01. The van der Waals surface area contributed by atoms with Crippen molar-refractivity contribution in [2.45, 2.75) is 11.1 Å². The second-order valence-electron chi connectivity index (χ2n) is 2.90. The first-order valence-electron chi connectivity index (χ1n) is 4.41. The van der Waals surface area contributed by atoms with Crippen molar-refractivity contribution in [1.29, 1.82) is 0 Å². The van der Waals surface area contributed by atoms with Crippen molar-refractivity contribution in [3.8, 4) is 0 Å². The molecule has 0 fully saturated rings. The molecule has 0 aliphatic rings. The number of nitrogens with one attached hydrogen (secondary N) is 1. The zero-order valence-electron chi connectivity index (χ0n) is 8.65. The molecule has 6 nitrogen and oxygen atoms in total. The predicted molar refractivity (Wildman–Crippen MR) is 64.5 cm³/mol. The highest BCUT2D eigenvalue weighted by Gasteiger charge is 2.10. The number of primary amides is 1. The molecule has 0 aliphatic carbocycles. The van der Waals surface area contributed by atoms with Gasteiger partial charge in [-0.25, -0.2) is 4.98 Å². The number of thioether (sulfide) groups is 1. The predicted octanol–water partition coefficient (Wildman–Crippen LogP) is -0.0739. The maximum Gasteiger partial charge on any atom is 0.239 e. The molecule has 1 aromatic heterocycles. The number of hydrogen-bond donors (Lipinski definition) is 3. The molecular weight excluding hydrogens is 248 g/mol. The fourth-order valence-electron chi connectivity index (χ4n) is 0.877. The van der Waals surface area contributed by atoms with E-state index in [1.807, 2.05) is 0 Å². The molecule has 88 valence electrons. The maximum absolute atomic E-state index is 11.0. The fourth-order valence-corrected chi connectivity index (χ4v) is 2.77. The number of aromatic nitrogens is 1. The number of aryl methyl sites for hydroxylation is 1. The van der Waals surface area contributed by atoms with Crippen LogP contribution in [-0.2, 0) is 9.59 Å². The number of carbonyl (C=O) groups is 2. The van der Waals surface area contributed by atoms with E-state index in [0.717, 1.165) is 9.90 Å². The van der Waals surface area contributed by atoms with Crippen molar-refractivity contribution < 1.29 is 9.59 Å². The Balaban J connectivity index is 2.66. The van der Waals surface area contributed by atoms with E-state index in [1.54, 1.807) is 6.92 Å². The van der Waals surface area contributed by atoms with Crippen LogP contribution >= 0.6 is 23.1 Å². The molecule has 16 heavy (non-hydrogen) atoms. The van der Waals surface area contributed by atoms with Gasteiger partial charge in [-0.15, -0.1) is 11.8 Å². The average molecular weight is 260 g/mol. The van der Waals surface area contributed by atoms with E-state index >= 15 is 0 Å². The van der Waals surface area contributed by atoms with E-state index in [2.05, 4.69) is 10.3 Å². The minimum absolute atomic E-state index is 0.0810. The third-order valence-electron chi connectivity index (χ3n) is 1.53. The Morgan fingerprint density at radius 1 is 1.56 bits per heavy atom. The molecule has 2 amide bonds. The van der Waals surface area contributed by atoms with Crippen LogP contribution in [0, 0.1) is 6.92 Å². The van der Waals surface area contributed by atoms with Crippen LogP contribution < -0.4 is 16.8 Å². The topological polar surface area (TPSA) is 111 Å². The first-order chi connectivity index (χ1) is 7.52. The number of hydrogen-bond acceptors (Lipinski definition) is 6. The molecule has 0 atom stereocenters. The van der Waals surface area contributed by atoms with E-state index in [-0.39, 0.29) is 24.1 Å². The molecule has 0 bridgehead atoms. The van der Waals surface area contributed by atoms with Crippen molar-refractivity contribution in [3.05, 3.63) is 5.69 Å². The Labute approximate surface area is 101 Å². The zero-order valence-corrected chi connectivity index (χ0v) is 10.3. The summed E-state index contributed by atoms with van der Waals surface area (Å²) >= 11 is 2.61. The van der Waals surface area contributed by atoms with Gasteiger partial charge in [0, 0.05) is 0 Å². The Bertz CT molecular complexity index is 405. The summed E-state index contributed by atoms with van der Waals surface area (Å²) in [5.41, 5.74) is 11.0. The van der Waals surface area contributed by atoms with Crippen molar-refractivity contribution in [2.24, 2.45) is 11.5 Å². The van der Waals surface area contributed by atoms with Crippen molar-refractivity contribution >= 4 is 40.0 Å². The van der Waals surface area contributed by atoms with Gasteiger partial charge in [0.2, 0.25) is 11.8 Å². The van der Waals surface area contributed by atoms with Crippen molar-refractivity contribution in [1.82, 2.24) is 4.98 Å². The van der Waals surface area contributed by atoms with Crippen LogP contribution in [0.25, 0.3) is 0 Å². The average Bonchev–Trinajstić information content (AvgIpc) is 2.55. The lowest BCUT2D eigenvalue weighted by Gasteiger charge is -1.95.